The van der Waals surface area contributed by atoms with Gasteiger partial charge in [-0.05, 0) is 5.56 Å². The Bertz CT molecular complexity index is 411. The van der Waals surface area contributed by atoms with Gasteiger partial charge in [0.1, 0.15) is 0 Å². The van der Waals surface area contributed by atoms with Gasteiger partial charge in [0.15, 0.2) is 5.82 Å². The van der Waals surface area contributed by atoms with Crippen molar-refractivity contribution >= 4 is 35.3 Å². The molecule has 0 fully saturated rings. The maximum absolute atomic E-state index is 11.6. The van der Waals surface area contributed by atoms with Gasteiger partial charge in [-0.2, -0.15) is 0 Å². The summed E-state index contributed by atoms with van der Waals surface area (Å²) in [6, 6.07) is 9.64. The van der Waals surface area contributed by atoms with Crippen molar-refractivity contribution in [2.45, 2.75) is 6.42 Å². The van der Waals surface area contributed by atoms with Crippen molar-refractivity contribution in [1.29, 1.82) is 0 Å². The molecule has 72 valence electrons. The van der Waals surface area contributed by atoms with Crippen molar-refractivity contribution in [3.05, 3.63) is 54.1 Å². The van der Waals surface area contributed by atoms with Crippen LogP contribution in [-0.2, 0) is 6.42 Å². The van der Waals surface area contributed by atoms with Crippen molar-refractivity contribution in [3.8, 4) is 0 Å². The topological polar surface area (TPSA) is 45.8 Å². The molecule has 2 aromatic rings. The van der Waals surface area contributed by atoms with Gasteiger partial charge < -0.3 is 4.98 Å². The van der Waals surface area contributed by atoms with Gasteiger partial charge in [-0.3, -0.25) is 4.79 Å². The molecule has 1 aromatic carbocycles. The number of aromatic amines is 1. The molecule has 0 bridgehead atoms. The fraction of sp³-hybridized carbons (Fsp3) is 0.0909. The molecule has 15 heavy (non-hydrogen) atoms. The van der Waals surface area contributed by atoms with E-state index in [1.165, 1.54) is 0 Å². The molecule has 0 saturated carbocycles. The van der Waals surface area contributed by atoms with Gasteiger partial charge in [-0.15, -0.1) is 0 Å². The van der Waals surface area contributed by atoms with E-state index < -0.39 is 0 Å². The SMILES string of the molecule is O=C(Cc1ccccc1)c1ncc[nH]1.[NaH]. The molecule has 0 aliphatic heterocycles. The van der Waals surface area contributed by atoms with Gasteiger partial charge in [0.25, 0.3) is 0 Å². The summed E-state index contributed by atoms with van der Waals surface area (Å²) in [6.07, 6.45) is 3.63. The van der Waals surface area contributed by atoms with E-state index in [-0.39, 0.29) is 35.3 Å². The van der Waals surface area contributed by atoms with E-state index >= 15 is 0 Å². The summed E-state index contributed by atoms with van der Waals surface area (Å²) >= 11 is 0. The van der Waals surface area contributed by atoms with Crippen LogP contribution in [0.5, 0.6) is 0 Å². The van der Waals surface area contributed by atoms with Crippen molar-refractivity contribution in [1.82, 2.24) is 9.97 Å². The Balaban J connectivity index is 0.00000112. The summed E-state index contributed by atoms with van der Waals surface area (Å²) in [4.78, 5) is 18.3. The zero-order valence-corrected chi connectivity index (χ0v) is 7.60. The quantitative estimate of drug-likeness (QED) is 0.611. The molecule has 3 nitrogen and oxygen atoms in total. The van der Waals surface area contributed by atoms with Crippen LogP contribution in [0.15, 0.2) is 42.7 Å². The van der Waals surface area contributed by atoms with Crippen LogP contribution >= 0.6 is 0 Å². The van der Waals surface area contributed by atoms with Gasteiger partial charge >= 0.3 is 29.6 Å². The van der Waals surface area contributed by atoms with Crippen LogP contribution in [0.3, 0.4) is 0 Å². The van der Waals surface area contributed by atoms with E-state index in [9.17, 15) is 4.79 Å². The molecule has 0 aliphatic rings. The number of carbonyl (C=O) groups excluding carboxylic acids is 1. The predicted molar refractivity (Wildman–Crippen MR) is 60.2 cm³/mol. The maximum atomic E-state index is 11.6. The summed E-state index contributed by atoms with van der Waals surface area (Å²) in [6.45, 7) is 0. The minimum atomic E-state index is 0. The number of Topliss-reactive ketones (excluding diaryl/α,β-unsaturated/α-hetero) is 1. The predicted octanol–water partition coefficient (Wildman–Crippen LogP) is 1.19. The molecule has 4 heteroatoms. The summed E-state index contributed by atoms with van der Waals surface area (Å²) in [5, 5.41) is 0. The van der Waals surface area contributed by atoms with Gasteiger partial charge in [0, 0.05) is 18.8 Å². The van der Waals surface area contributed by atoms with Crippen LogP contribution in [0, 0.1) is 0 Å². The van der Waals surface area contributed by atoms with E-state index in [1.807, 2.05) is 30.3 Å². The molecule has 0 saturated heterocycles. The number of hydrogen-bond acceptors (Lipinski definition) is 2. The average Bonchev–Trinajstić information content (AvgIpc) is 2.72. The molecule has 0 atom stereocenters. The Morgan fingerprint density at radius 1 is 1.27 bits per heavy atom. The molecule has 0 unspecified atom stereocenters. The second-order valence-corrected chi connectivity index (χ2v) is 3.02. The zero-order valence-electron chi connectivity index (χ0n) is 7.60. The Hall–Kier alpha value is -0.900. The summed E-state index contributed by atoms with van der Waals surface area (Å²) in [5.74, 6) is 0.440. The van der Waals surface area contributed by atoms with Gasteiger partial charge in [0.05, 0.1) is 0 Å². The number of imidazole rings is 1. The molecule has 0 radical (unpaired) electrons. The van der Waals surface area contributed by atoms with E-state index in [0.717, 1.165) is 5.56 Å². The van der Waals surface area contributed by atoms with Crippen LogP contribution < -0.4 is 0 Å². The van der Waals surface area contributed by atoms with Crippen molar-refractivity contribution in [2.24, 2.45) is 0 Å². The van der Waals surface area contributed by atoms with Crippen LogP contribution in [-0.4, -0.2) is 45.3 Å². The number of aromatic nitrogens is 2. The number of H-pyrrole nitrogens is 1. The third-order valence-corrected chi connectivity index (χ3v) is 1.97. The first-order chi connectivity index (χ1) is 6.86. The Morgan fingerprint density at radius 3 is 2.60 bits per heavy atom. The summed E-state index contributed by atoms with van der Waals surface area (Å²) in [7, 11) is 0. The fourth-order valence-electron chi connectivity index (χ4n) is 1.28. The third kappa shape index (κ3) is 3.30. The minimum absolute atomic E-state index is 0. The average molecular weight is 210 g/mol. The molecule has 1 N–H and O–H groups in total. The first-order valence-corrected chi connectivity index (χ1v) is 4.43. The summed E-state index contributed by atoms with van der Waals surface area (Å²) in [5.41, 5.74) is 1.01. The molecule has 0 spiro atoms. The first-order valence-electron chi connectivity index (χ1n) is 4.43. The molecule has 0 aliphatic carbocycles. The fourth-order valence-corrected chi connectivity index (χ4v) is 1.28. The molecule has 2 rings (SSSR count). The van der Waals surface area contributed by atoms with E-state index in [4.69, 9.17) is 0 Å². The van der Waals surface area contributed by atoms with Crippen molar-refractivity contribution < 1.29 is 4.79 Å². The Kier molecular flexibility index (Phi) is 4.75. The third-order valence-electron chi connectivity index (χ3n) is 1.97. The van der Waals surface area contributed by atoms with Crippen molar-refractivity contribution in [3.63, 3.8) is 0 Å². The number of nitrogens with zero attached hydrogens (tertiary/aromatic N) is 1. The Morgan fingerprint density at radius 2 is 2.00 bits per heavy atom. The van der Waals surface area contributed by atoms with Gasteiger partial charge in [-0.1, -0.05) is 30.3 Å². The number of hydrogen-bond donors (Lipinski definition) is 1. The van der Waals surface area contributed by atoms with E-state index in [0.29, 0.717) is 12.2 Å². The number of rotatable bonds is 3. The normalized spacial score (nSPS) is 9.33. The number of ketones is 1. The van der Waals surface area contributed by atoms with Crippen molar-refractivity contribution in [2.75, 3.05) is 0 Å². The molecule has 0 amide bonds. The molecular formula is C11H11N2NaO. The first kappa shape index (κ1) is 12.2. The van der Waals surface area contributed by atoms with Crippen LogP contribution in [0.4, 0.5) is 0 Å². The van der Waals surface area contributed by atoms with E-state index in [1.54, 1.807) is 12.4 Å². The summed E-state index contributed by atoms with van der Waals surface area (Å²) < 4.78 is 0. The molecular weight excluding hydrogens is 199 g/mol. The second-order valence-electron chi connectivity index (χ2n) is 3.02. The number of carbonyl (C=O) groups is 1. The molecule has 1 heterocycles. The van der Waals surface area contributed by atoms with Crippen LogP contribution in [0.1, 0.15) is 16.2 Å². The second kappa shape index (κ2) is 5.85. The zero-order chi connectivity index (χ0) is 9.80. The number of benzene rings is 1. The monoisotopic (exact) mass is 210 g/mol. The van der Waals surface area contributed by atoms with Crippen LogP contribution in [0.2, 0.25) is 0 Å². The van der Waals surface area contributed by atoms with Gasteiger partial charge in [-0.25, -0.2) is 4.98 Å². The van der Waals surface area contributed by atoms with Gasteiger partial charge in [0.2, 0.25) is 5.78 Å². The molecule has 1 aromatic heterocycles. The van der Waals surface area contributed by atoms with E-state index in [2.05, 4.69) is 9.97 Å². The van der Waals surface area contributed by atoms with Crippen LogP contribution in [0.25, 0.3) is 0 Å². The number of nitrogens with one attached hydrogen (secondary N) is 1. The Labute approximate surface area is 110 Å². The standard InChI is InChI=1S/C11H10N2O.Na.H/c14-10(11-12-6-7-13-11)8-9-4-2-1-3-5-9;;/h1-7H,8H2,(H,12,13);;.